The molecular weight excluding hydrogens is 190 g/mol. The van der Waals surface area contributed by atoms with Crippen molar-refractivity contribution in [3.8, 4) is 0 Å². The van der Waals surface area contributed by atoms with E-state index in [1.54, 1.807) is 6.92 Å². The van der Waals surface area contributed by atoms with Crippen LogP contribution in [0.15, 0.2) is 0 Å². The Hall–Kier alpha value is -0.670. The largest absolute Gasteiger partial charge is 0.469 e. The maximum atomic E-state index is 12.8. The molecule has 1 rings (SSSR count). The molecular formula is C10H16F2O2. The van der Waals surface area contributed by atoms with Gasteiger partial charge in [-0.15, -0.1) is 0 Å². The number of carbonyl (C=O) groups excluding carboxylic acids is 1. The minimum atomic E-state index is -1.34. The van der Waals surface area contributed by atoms with Crippen LogP contribution in [-0.4, -0.2) is 25.4 Å². The SMILES string of the molecule is COC(=O)[C@@H](C)CC1C[C@@H](F)[C@@H](F)C1. The Morgan fingerprint density at radius 1 is 1.43 bits per heavy atom. The Bertz CT molecular complexity index is 198. The molecule has 0 aromatic heterocycles. The second-order valence-corrected chi connectivity index (χ2v) is 4.03. The quantitative estimate of drug-likeness (QED) is 0.662. The van der Waals surface area contributed by atoms with Crippen LogP contribution in [0.3, 0.4) is 0 Å². The summed E-state index contributed by atoms with van der Waals surface area (Å²) in [6.45, 7) is 1.73. The fraction of sp³-hybridized carbons (Fsp3) is 0.900. The summed E-state index contributed by atoms with van der Waals surface area (Å²) < 4.78 is 30.2. The van der Waals surface area contributed by atoms with Gasteiger partial charge in [-0.05, 0) is 25.2 Å². The van der Waals surface area contributed by atoms with Crippen molar-refractivity contribution in [2.75, 3.05) is 7.11 Å². The lowest BCUT2D eigenvalue weighted by Crippen LogP contribution is -2.15. The molecule has 4 heteroatoms. The van der Waals surface area contributed by atoms with Crippen molar-refractivity contribution in [1.82, 2.24) is 0 Å². The van der Waals surface area contributed by atoms with Gasteiger partial charge in [-0.25, -0.2) is 8.78 Å². The van der Waals surface area contributed by atoms with Gasteiger partial charge in [-0.3, -0.25) is 4.79 Å². The van der Waals surface area contributed by atoms with E-state index in [4.69, 9.17) is 0 Å². The van der Waals surface area contributed by atoms with Gasteiger partial charge in [0.2, 0.25) is 0 Å². The van der Waals surface area contributed by atoms with E-state index < -0.39 is 12.3 Å². The van der Waals surface area contributed by atoms with Crippen LogP contribution in [0.25, 0.3) is 0 Å². The highest BCUT2D eigenvalue weighted by Gasteiger charge is 2.35. The van der Waals surface area contributed by atoms with E-state index in [0.29, 0.717) is 6.42 Å². The molecule has 82 valence electrons. The molecule has 1 saturated carbocycles. The van der Waals surface area contributed by atoms with E-state index in [9.17, 15) is 13.6 Å². The van der Waals surface area contributed by atoms with Crippen LogP contribution in [-0.2, 0) is 9.53 Å². The second kappa shape index (κ2) is 4.71. The molecule has 0 aromatic rings. The van der Waals surface area contributed by atoms with Gasteiger partial charge >= 0.3 is 5.97 Å². The van der Waals surface area contributed by atoms with Crippen LogP contribution in [0.1, 0.15) is 26.2 Å². The number of esters is 1. The van der Waals surface area contributed by atoms with Crippen LogP contribution in [0.2, 0.25) is 0 Å². The molecule has 4 atom stereocenters. The zero-order chi connectivity index (χ0) is 10.7. The number of hydrogen-bond donors (Lipinski definition) is 0. The van der Waals surface area contributed by atoms with Gasteiger partial charge in [0.15, 0.2) is 0 Å². The van der Waals surface area contributed by atoms with E-state index >= 15 is 0 Å². The molecule has 0 heterocycles. The smallest absolute Gasteiger partial charge is 0.308 e. The summed E-state index contributed by atoms with van der Waals surface area (Å²) in [5.74, 6) is -0.584. The van der Waals surface area contributed by atoms with Crippen molar-refractivity contribution in [3.63, 3.8) is 0 Å². The third kappa shape index (κ3) is 2.66. The topological polar surface area (TPSA) is 26.3 Å². The minimum absolute atomic E-state index is 0.0194. The van der Waals surface area contributed by atoms with E-state index in [1.165, 1.54) is 7.11 Å². The third-order valence-corrected chi connectivity index (χ3v) is 2.80. The molecule has 1 aliphatic carbocycles. The van der Waals surface area contributed by atoms with Gasteiger partial charge < -0.3 is 4.74 Å². The standard InChI is InChI=1S/C10H16F2O2/c1-6(10(13)14-2)3-7-4-8(11)9(12)5-7/h6-9H,3-5H2,1-2H3/t6-,7?,8-,9+/m0/s1. The molecule has 0 amide bonds. The summed E-state index contributed by atoms with van der Waals surface area (Å²) in [7, 11) is 1.32. The fourth-order valence-electron chi connectivity index (χ4n) is 2.02. The van der Waals surface area contributed by atoms with Crippen molar-refractivity contribution in [1.29, 1.82) is 0 Å². The molecule has 0 radical (unpaired) electrons. The summed E-state index contributed by atoms with van der Waals surface area (Å²) in [5, 5.41) is 0. The molecule has 0 spiro atoms. The number of carbonyl (C=O) groups is 1. The van der Waals surface area contributed by atoms with Gasteiger partial charge in [-0.2, -0.15) is 0 Å². The van der Waals surface area contributed by atoms with Gasteiger partial charge in [0.25, 0.3) is 0 Å². The highest BCUT2D eigenvalue weighted by atomic mass is 19.2. The summed E-state index contributed by atoms with van der Waals surface area (Å²) in [5.41, 5.74) is 0. The molecule has 1 unspecified atom stereocenters. The van der Waals surface area contributed by atoms with Gasteiger partial charge in [0.05, 0.1) is 13.0 Å². The molecule has 14 heavy (non-hydrogen) atoms. The van der Waals surface area contributed by atoms with Gasteiger partial charge in [0.1, 0.15) is 12.3 Å². The first-order valence-corrected chi connectivity index (χ1v) is 4.90. The lowest BCUT2D eigenvalue weighted by atomic mass is 9.94. The molecule has 2 nitrogen and oxygen atoms in total. The minimum Gasteiger partial charge on any atom is -0.469 e. The number of ether oxygens (including phenoxy) is 1. The predicted molar refractivity (Wildman–Crippen MR) is 48.3 cm³/mol. The Kier molecular flexibility index (Phi) is 3.84. The maximum Gasteiger partial charge on any atom is 0.308 e. The van der Waals surface area contributed by atoms with E-state index in [2.05, 4.69) is 4.74 Å². The first-order valence-electron chi connectivity index (χ1n) is 4.90. The summed E-state index contributed by atoms with van der Waals surface area (Å²) in [6.07, 6.45) is -1.69. The molecule has 0 bridgehead atoms. The number of methoxy groups -OCH3 is 1. The molecule has 1 fully saturated rings. The number of rotatable bonds is 3. The van der Waals surface area contributed by atoms with Crippen LogP contribution in [0, 0.1) is 11.8 Å². The van der Waals surface area contributed by atoms with E-state index in [0.717, 1.165) is 0 Å². The molecule has 0 saturated heterocycles. The van der Waals surface area contributed by atoms with E-state index in [1.807, 2.05) is 0 Å². The highest BCUT2D eigenvalue weighted by molar-refractivity contribution is 5.71. The zero-order valence-corrected chi connectivity index (χ0v) is 8.50. The van der Waals surface area contributed by atoms with Gasteiger partial charge in [-0.1, -0.05) is 6.92 Å². The Labute approximate surface area is 82.6 Å². The summed E-state index contributed by atoms with van der Waals surface area (Å²) in [4.78, 5) is 11.1. The first-order chi connectivity index (χ1) is 6.54. The predicted octanol–water partition coefficient (Wildman–Crippen LogP) is 2.27. The number of hydrogen-bond acceptors (Lipinski definition) is 2. The van der Waals surface area contributed by atoms with Crippen LogP contribution < -0.4 is 0 Å². The average molecular weight is 206 g/mol. The molecule has 0 aromatic carbocycles. The lowest BCUT2D eigenvalue weighted by molar-refractivity contribution is -0.145. The normalized spacial score (nSPS) is 34.1. The van der Waals surface area contributed by atoms with E-state index in [-0.39, 0.29) is 30.6 Å². The summed E-state index contributed by atoms with van der Waals surface area (Å²) >= 11 is 0. The van der Waals surface area contributed by atoms with Crippen LogP contribution in [0.4, 0.5) is 8.78 Å². The molecule has 0 N–H and O–H groups in total. The number of halogens is 2. The fourth-order valence-corrected chi connectivity index (χ4v) is 2.02. The summed E-state index contributed by atoms with van der Waals surface area (Å²) in [6, 6.07) is 0. The zero-order valence-electron chi connectivity index (χ0n) is 8.50. The lowest BCUT2D eigenvalue weighted by Gasteiger charge is -2.13. The maximum absolute atomic E-state index is 12.8. The monoisotopic (exact) mass is 206 g/mol. The second-order valence-electron chi connectivity index (χ2n) is 4.03. The Balaban J connectivity index is 2.35. The third-order valence-electron chi connectivity index (χ3n) is 2.80. The molecule has 1 aliphatic rings. The van der Waals surface area contributed by atoms with Crippen molar-refractivity contribution in [2.45, 2.75) is 38.5 Å². The van der Waals surface area contributed by atoms with Crippen molar-refractivity contribution in [2.24, 2.45) is 11.8 Å². The van der Waals surface area contributed by atoms with Crippen LogP contribution in [0.5, 0.6) is 0 Å². The first kappa shape index (κ1) is 11.4. The highest BCUT2D eigenvalue weighted by Crippen LogP contribution is 2.34. The number of alkyl halides is 2. The Morgan fingerprint density at radius 2 is 1.93 bits per heavy atom. The Morgan fingerprint density at radius 3 is 2.36 bits per heavy atom. The van der Waals surface area contributed by atoms with Crippen molar-refractivity contribution in [3.05, 3.63) is 0 Å². The van der Waals surface area contributed by atoms with Crippen LogP contribution >= 0.6 is 0 Å². The van der Waals surface area contributed by atoms with Gasteiger partial charge in [0, 0.05) is 0 Å². The van der Waals surface area contributed by atoms with Crippen molar-refractivity contribution < 1.29 is 18.3 Å². The van der Waals surface area contributed by atoms with Crippen molar-refractivity contribution >= 4 is 5.97 Å². The molecule has 0 aliphatic heterocycles. The average Bonchev–Trinajstić information content (AvgIpc) is 2.44.